The van der Waals surface area contributed by atoms with E-state index in [2.05, 4.69) is 11.6 Å². The van der Waals surface area contributed by atoms with Crippen molar-refractivity contribution in [1.82, 2.24) is 5.32 Å². The van der Waals surface area contributed by atoms with Crippen LogP contribution in [-0.2, 0) is 0 Å². The molecule has 0 bridgehead atoms. The highest BCUT2D eigenvalue weighted by Gasteiger charge is 2.09. The number of phenolic OH excluding ortho intramolecular Hbond substituents is 1. The monoisotopic (exact) mass is 271 g/mol. The zero-order valence-electron chi connectivity index (χ0n) is 11.1. The van der Waals surface area contributed by atoms with E-state index in [4.69, 9.17) is 0 Å². The van der Waals surface area contributed by atoms with Crippen molar-refractivity contribution in [3.05, 3.63) is 29.6 Å². The largest absolute Gasteiger partial charge is 0.508 e. The summed E-state index contributed by atoms with van der Waals surface area (Å²) in [6.07, 6.45) is 5.72. The molecule has 0 spiro atoms. The molecule has 1 atom stereocenters. The molecule has 18 heavy (non-hydrogen) atoms. The third kappa shape index (κ3) is 5.27. The highest BCUT2D eigenvalue weighted by Crippen LogP contribution is 2.24. The van der Waals surface area contributed by atoms with Crippen LogP contribution in [0.25, 0.3) is 0 Å². The number of aromatic hydroxyl groups is 1. The Morgan fingerprint density at radius 1 is 1.33 bits per heavy atom. The molecule has 1 aromatic carbocycles. The fourth-order valence-electron chi connectivity index (χ4n) is 1.86. The maximum Gasteiger partial charge on any atom is 0.126 e. The van der Waals surface area contributed by atoms with Crippen LogP contribution in [0.2, 0.25) is 0 Å². The van der Waals surface area contributed by atoms with Crippen LogP contribution < -0.4 is 5.32 Å². The van der Waals surface area contributed by atoms with Gasteiger partial charge in [0.05, 0.1) is 0 Å². The van der Waals surface area contributed by atoms with Crippen molar-refractivity contribution >= 4 is 11.8 Å². The molecule has 0 heterocycles. The summed E-state index contributed by atoms with van der Waals surface area (Å²) in [5.74, 6) is 0.840. The third-order valence-electron chi connectivity index (χ3n) is 2.93. The van der Waals surface area contributed by atoms with Crippen LogP contribution in [0.3, 0.4) is 0 Å². The van der Waals surface area contributed by atoms with Gasteiger partial charge in [0.2, 0.25) is 0 Å². The number of hydrogen-bond donors (Lipinski definition) is 2. The molecule has 0 amide bonds. The molecule has 1 rings (SSSR count). The van der Waals surface area contributed by atoms with Gasteiger partial charge in [-0.05, 0) is 44.4 Å². The topological polar surface area (TPSA) is 32.3 Å². The lowest BCUT2D eigenvalue weighted by molar-refractivity contribution is 0.445. The van der Waals surface area contributed by atoms with Gasteiger partial charge < -0.3 is 10.4 Å². The molecule has 0 saturated carbocycles. The lowest BCUT2D eigenvalue weighted by atomic mass is 10.1. The van der Waals surface area contributed by atoms with Crippen molar-refractivity contribution in [2.45, 2.75) is 32.2 Å². The van der Waals surface area contributed by atoms with E-state index in [0.29, 0.717) is 0 Å². The minimum absolute atomic E-state index is 0.0254. The molecule has 2 nitrogen and oxygen atoms in total. The maximum absolute atomic E-state index is 12.9. The summed E-state index contributed by atoms with van der Waals surface area (Å²) < 4.78 is 12.9. The Morgan fingerprint density at radius 3 is 2.78 bits per heavy atom. The van der Waals surface area contributed by atoms with Gasteiger partial charge in [0, 0.05) is 17.7 Å². The smallest absolute Gasteiger partial charge is 0.126 e. The van der Waals surface area contributed by atoms with Crippen molar-refractivity contribution in [3.63, 3.8) is 0 Å². The molecule has 1 aromatic rings. The maximum atomic E-state index is 12.9. The Labute approximate surface area is 113 Å². The van der Waals surface area contributed by atoms with Gasteiger partial charge in [-0.15, -0.1) is 0 Å². The van der Waals surface area contributed by atoms with Gasteiger partial charge in [0.15, 0.2) is 0 Å². The van der Waals surface area contributed by atoms with Gasteiger partial charge in [-0.1, -0.05) is 12.5 Å². The number of benzene rings is 1. The van der Waals surface area contributed by atoms with Crippen molar-refractivity contribution in [2.24, 2.45) is 0 Å². The Morgan fingerprint density at radius 2 is 2.11 bits per heavy atom. The van der Waals surface area contributed by atoms with Crippen molar-refractivity contribution in [2.75, 3.05) is 18.6 Å². The third-order valence-corrected chi connectivity index (χ3v) is 3.63. The summed E-state index contributed by atoms with van der Waals surface area (Å²) in [7, 11) is 0. The highest BCUT2D eigenvalue weighted by atomic mass is 32.2. The van der Waals surface area contributed by atoms with Gasteiger partial charge >= 0.3 is 0 Å². The summed E-state index contributed by atoms with van der Waals surface area (Å²) in [5.41, 5.74) is 0.750. The molecular weight excluding hydrogens is 249 g/mol. The molecule has 1 unspecified atom stereocenters. The molecule has 0 saturated heterocycles. The predicted molar refractivity (Wildman–Crippen MR) is 76.7 cm³/mol. The van der Waals surface area contributed by atoms with Gasteiger partial charge in [0.25, 0.3) is 0 Å². The van der Waals surface area contributed by atoms with Crippen LogP contribution >= 0.6 is 11.8 Å². The van der Waals surface area contributed by atoms with Crippen LogP contribution in [0.15, 0.2) is 18.2 Å². The lowest BCUT2D eigenvalue weighted by Gasteiger charge is -2.15. The number of unbranched alkanes of at least 4 members (excludes halogenated alkanes) is 2. The second kappa shape index (κ2) is 8.38. The average Bonchev–Trinajstić information content (AvgIpc) is 2.33. The van der Waals surface area contributed by atoms with Crippen LogP contribution in [0, 0.1) is 5.82 Å². The van der Waals surface area contributed by atoms with E-state index in [0.717, 1.165) is 24.6 Å². The number of rotatable bonds is 8. The Hall–Kier alpha value is -0.740. The standard InChI is InChI=1S/C14H22FNOS/c1-11(16-8-4-3-5-9-18-2)13-7-6-12(15)10-14(13)17/h6-7,10-11,16-17H,3-5,8-9H2,1-2H3. The summed E-state index contributed by atoms with van der Waals surface area (Å²) in [4.78, 5) is 0. The second-order valence-electron chi connectivity index (χ2n) is 4.43. The second-order valence-corrected chi connectivity index (χ2v) is 5.42. The first-order chi connectivity index (χ1) is 8.65. The number of hydrogen-bond acceptors (Lipinski definition) is 3. The SMILES string of the molecule is CSCCCCCNC(C)c1ccc(F)cc1O. The Balaban J connectivity index is 2.29. The van der Waals surface area contributed by atoms with E-state index in [-0.39, 0.29) is 11.8 Å². The first-order valence-electron chi connectivity index (χ1n) is 6.36. The van der Waals surface area contributed by atoms with Crippen LogP contribution in [0.1, 0.15) is 37.8 Å². The minimum Gasteiger partial charge on any atom is -0.508 e. The van der Waals surface area contributed by atoms with Gasteiger partial charge in [-0.3, -0.25) is 0 Å². The molecule has 0 aliphatic heterocycles. The van der Waals surface area contributed by atoms with E-state index in [9.17, 15) is 9.50 Å². The zero-order valence-corrected chi connectivity index (χ0v) is 11.9. The number of nitrogens with one attached hydrogen (secondary N) is 1. The minimum atomic E-state index is -0.402. The van der Waals surface area contributed by atoms with E-state index in [1.54, 1.807) is 6.07 Å². The molecule has 0 aliphatic rings. The van der Waals surface area contributed by atoms with Crippen LogP contribution in [-0.4, -0.2) is 23.7 Å². The van der Waals surface area contributed by atoms with E-state index < -0.39 is 5.82 Å². The van der Waals surface area contributed by atoms with Crippen molar-refractivity contribution < 1.29 is 9.50 Å². The number of thioether (sulfide) groups is 1. The summed E-state index contributed by atoms with van der Waals surface area (Å²) >= 11 is 1.88. The molecular formula is C14H22FNOS. The van der Waals surface area contributed by atoms with E-state index in [1.165, 1.54) is 24.7 Å². The zero-order chi connectivity index (χ0) is 13.4. The molecule has 0 radical (unpaired) electrons. The van der Waals surface area contributed by atoms with E-state index >= 15 is 0 Å². The van der Waals surface area contributed by atoms with Gasteiger partial charge in [-0.2, -0.15) is 11.8 Å². The molecule has 2 N–H and O–H groups in total. The predicted octanol–water partition coefficient (Wildman–Crippen LogP) is 3.72. The quantitative estimate of drug-likeness (QED) is 0.707. The average molecular weight is 271 g/mol. The molecule has 102 valence electrons. The lowest BCUT2D eigenvalue weighted by Crippen LogP contribution is -2.20. The molecule has 4 heteroatoms. The first kappa shape index (κ1) is 15.3. The number of phenols is 1. The van der Waals surface area contributed by atoms with Crippen molar-refractivity contribution in [3.8, 4) is 5.75 Å². The van der Waals surface area contributed by atoms with E-state index in [1.807, 2.05) is 18.7 Å². The highest BCUT2D eigenvalue weighted by molar-refractivity contribution is 7.98. The summed E-state index contributed by atoms with van der Waals surface area (Å²) in [6.45, 7) is 2.90. The number of halogens is 1. The summed E-state index contributed by atoms with van der Waals surface area (Å²) in [6, 6.07) is 4.22. The molecule has 0 aromatic heterocycles. The summed E-state index contributed by atoms with van der Waals surface area (Å²) in [5, 5.41) is 13.0. The van der Waals surface area contributed by atoms with Gasteiger partial charge in [-0.25, -0.2) is 4.39 Å². The van der Waals surface area contributed by atoms with Crippen molar-refractivity contribution in [1.29, 1.82) is 0 Å². The molecule has 0 aliphatic carbocycles. The Bertz CT molecular complexity index is 360. The fourth-order valence-corrected chi connectivity index (χ4v) is 2.35. The van der Waals surface area contributed by atoms with Crippen LogP contribution in [0.4, 0.5) is 4.39 Å². The normalized spacial score (nSPS) is 12.6. The van der Waals surface area contributed by atoms with Gasteiger partial charge in [0.1, 0.15) is 11.6 Å². The Kier molecular flexibility index (Phi) is 7.13. The first-order valence-corrected chi connectivity index (χ1v) is 7.75. The molecule has 0 fully saturated rings. The fraction of sp³-hybridized carbons (Fsp3) is 0.571. The van der Waals surface area contributed by atoms with Crippen LogP contribution in [0.5, 0.6) is 5.75 Å².